The van der Waals surface area contributed by atoms with Gasteiger partial charge in [0.05, 0.1) is 18.8 Å². The van der Waals surface area contributed by atoms with Crippen molar-refractivity contribution in [2.75, 3.05) is 13.2 Å². The van der Waals surface area contributed by atoms with Crippen LogP contribution in [-0.2, 0) is 4.74 Å². The Balaban J connectivity index is 2.29. The predicted molar refractivity (Wildman–Crippen MR) is 69.7 cm³/mol. The molecule has 0 aliphatic heterocycles. The van der Waals surface area contributed by atoms with Gasteiger partial charge in [0.2, 0.25) is 0 Å². The van der Waals surface area contributed by atoms with E-state index in [9.17, 15) is 0 Å². The summed E-state index contributed by atoms with van der Waals surface area (Å²) in [5.74, 6) is 0.703. The first-order valence-corrected chi connectivity index (χ1v) is 7.06. The molecular weight excluding hydrogens is 212 g/mol. The lowest BCUT2D eigenvalue weighted by molar-refractivity contribution is -0.0162. The summed E-state index contributed by atoms with van der Waals surface area (Å²) in [6.07, 6.45) is 7.72. The van der Waals surface area contributed by atoms with Crippen molar-refractivity contribution in [3.8, 4) is 6.07 Å². The van der Waals surface area contributed by atoms with Gasteiger partial charge < -0.3 is 10.1 Å². The van der Waals surface area contributed by atoms with Crippen molar-refractivity contribution in [3.05, 3.63) is 0 Å². The third-order valence-corrected chi connectivity index (χ3v) is 3.64. The van der Waals surface area contributed by atoms with Crippen molar-refractivity contribution in [2.24, 2.45) is 5.92 Å². The molecule has 1 rings (SSSR count). The van der Waals surface area contributed by atoms with Crippen LogP contribution in [0.15, 0.2) is 0 Å². The molecule has 0 aromatic heterocycles. The van der Waals surface area contributed by atoms with E-state index in [1.54, 1.807) is 0 Å². The van der Waals surface area contributed by atoms with Crippen molar-refractivity contribution in [1.82, 2.24) is 5.32 Å². The molecule has 17 heavy (non-hydrogen) atoms. The molecule has 0 saturated heterocycles. The van der Waals surface area contributed by atoms with E-state index in [1.807, 2.05) is 0 Å². The molecule has 1 saturated carbocycles. The fraction of sp³-hybridized carbons (Fsp3) is 0.929. The Morgan fingerprint density at radius 1 is 1.35 bits per heavy atom. The van der Waals surface area contributed by atoms with Crippen LogP contribution >= 0.6 is 0 Å². The van der Waals surface area contributed by atoms with Crippen LogP contribution in [0.3, 0.4) is 0 Å². The van der Waals surface area contributed by atoms with Crippen molar-refractivity contribution >= 4 is 0 Å². The normalized spacial score (nSPS) is 26.4. The Morgan fingerprint density at radius 2 is 2.12 bits per heavy atom. The smallest absolute Gasteiger partial charge is 0.119 e. The Morgan fingerprint density at radius 3 is 2.76 bits per heavy atom. The van der Waals surface area contributed by atoms with Gasteiger partial charge in [0, 0.05) is 0 Å². The van der Waals surface area contributed by atoms with Crippen LogP contribution in [0.1, 0.15) is 52.4 Å². The van der Waals surface area contributed by atoms with Gasteiger partial charge in [0.1, 0.15) is 6.04 Å². The first-order chi connectivity index (χ1) is 8.31. The highest BCUT2D eigenvalue weighted by molar-refractivity contribution is 4.90. The molecule has 98 valence electrons. The van der Waals surface area contributed by atoms with E-state index in [4.69, 9.17) is 10.00 Å². The van der Waals surface area contributed by atoms with Crippen LogP contribution in [0, 0.1) is 17.2 Å². The number of hydrogen-bond donors (Lipinski definition) is 1. The number of nitriles is 1. The maximum Gasteiger partial charge on any atom is 0.119 e. The molecule has 3 heteroatoms. The monoisotopic (exact) mass is 238 g/mol. The number of ether oxygens (including phenoxy) is 1. The topological polar surface area (TPSA) is 45.0 Å². The van der Waals surface area contributed by atoms with E-state index in [0.29, 0.717) is 18.6 Å². The van der Waals surface area contributed by atoms with Crippen molar-refractivity contribution in [3.63, 3.8) is 0 Å². The maximum atomic E-state index is 9.01. The first-order valence-electron chi connectivity index (χ1n) is 7.06. The summed E-state index contributed by atoms with van der Waals surface area (Å²) in [7, 11) is 0. The number of hydrogen-bond acceptors (Lipinski definition) is 3. The minimum Gasteiger partial charge on any atom is -0.375 e. The second-order valence-electron chi connectivity index (χ2n) is 4.96. The predicted octanol–water partition coefficient (Wildman–Crippen LogP) is 2.86. The lowest BCUT2D eigenvalue weighted by Crippen LogP contribution is -2.36. The van der Waals surface area contributed by atoms with E-state index in [-0.39, 0.29) is 6.04 Å². The van der Waals surface area contributed by atoms with Crippen molar-refractivity contribution in [1.29, 1.82) is 5.26 Å². The highest BCUT2D eigenvalue weighted by Crippen LogP contribution is 2.29. The molecule has 3 nitrogen and oxygen atoms in total. The SMILES string of the molecule is CCCNC(C#N)COC1CCCCC1CC. The molecule has 0 aromatic carbocycles. The standard InChI is InChI=1S/C14H26N2O/c1-3-9-16-13(10-15)11-17-14-8-6-5-7-12(14)4-2/h12-14,16H,3-9,11H2,1-2H3. The van der Waals surface area contributed by atoms with Gasteiger partial charge in [-0.2, -0.15) is 5.26 Å². The Kier molecular flexibility index (Phi) is 7.23. The van der Waals surface area contributed by atoms with Crippen LogP contribution in [0.5, 0.6) is 0 Å². The quantitative estimate of drug-likeness (QED) is 0.741. The Hall–Kier alpha value is -0.590. The third-order valence-electron chi connectivity index (χ3n) is 3.64. The zero-order valence-electron chi connectivity index (χ0n) is 11.2. The van der Waals surface area contributed by atoms with Gasteiger partial charge in [-0.1, -0.05) is 33.1 Å². The van der Waals surface area contributed by atoms with Crippen LogP contribution in [0.25, 0.3) is 0 Å². The summed E-state index contributed by atoms with van der Waals surface area (Å²) in [5.41, 5.74) is 0. The van der Waals surface area contributed by atoms with Gasteiger partial charge in [0.25, 0.3) is 0 Å². The average molecular weight is 238 g/mol. The average Bonchev–Trinajstić information content (AvgIpc) is 2.39. The molecule has 3 unspecified atom stereocenters. The molecule has 0 spiro atoms. The summed E-state index contributed by atoms with van der Waals surface area (Å²) >= 11 is 0. The second kappa shape index (κ2) is 8.49. The van der Waals surface area contributed by atoms with E-state index in [2.05, 4.69) is 25.2 Å². The summed E-state index contributed by atoms with van der Waals surface area (Å²) in [5, 5.41) is 12.2. The van der Waals surface area contributed by atoms with Crippen LogP contribution in [0.4, 0.5) is 0 Å². The molecule has 0 aromatic rings. The van der Waals surface area contributed by atoms with Crippen LogP contribution in [0.2, 0.25) is 0 Å². The molecule has 0 heterocycles. The fourth-order valence-corrected chi connectivity index (χ4v) is 2.54. The highest BCUT2D eigenvalue weighted by atomic mass is 16.5. The van der Waals surface area contributed by atoms with E-state index >= 15 is 0 Å². The third kappa shape index (κ3) is 5.06. The van der Waals surface area contributed by atoms with Crippen molar-refractivity contribution in [2.45, 2.75) is 64.5 Å². The molecule has 1 fully saturated rings. The number of nitrogens with one attached hydrogen (secondary N) is 1. The van der Waals surface area contributed by atoms with Crippen LogP contribution in [-0.4, -0.2) is 25.3 Å². The largest absolute Gasteiger partial charge is 0.375 e. The first kappa shape index (κ1) is 14.5. The van der Waals surface area contributed by atoms with Gasteiger partial charge in [-0.15, -0.1) is 0 Å². The molecule has 0 radical (unpaired) electrons. The van der Waals surface area contributed by atoms with Gasteiger partial charge in [-0.25, -0.2) is 0 Å². The summed E-state index contributed by atoms with van der Waals surface area (Å²) in [6.45, 7) is 5.78. The van der Waals surface area contributed by atoms with E-state index in [0.717, 1.165) is 13.0 Å². The van der Waals surface area contributed by atoms with E-state index < -0.39 is 0 Å². The van der Waals surface area contributed by atoms with Crippen LogP contribution < -0.4 is 5.32 Å². The molecule has 0 bridgehead atoms. The highest BCUT2D eigenvalue weighted by Gasteiger charge is 2.24. The minimum absolute atomic E-state index is 0.144. The molecule has 0 amide bonds. The van der Waals surface area contributed by atoms with E-state index in [1.165, 1.54) is 32.1 Å². The molecule has 3 atom stereocenters. The molecular formula is C14H26N2O. The number of rotatable bonds is 7. The summed E-state index contributed by atoms with van der Waals surface area (Å²) < 4.78 is 5.95. The lowest BCUT2D eigenvalue weighted by atomic mass is 9.85. The number of nitrogens with zero attached hydrogens (tertiary/aromatic N) is 1. The summed E-state index contributed by atoms with van der Waals surface area (Å²) in [6, 6.07) is 2.13. The zero-order valence-corrected chi connectivity index (χ0v) is 11.2. The van der Waals surface area contributed by atoms with Gasteiger partial charge in [-0.3, -0.25) is 0 Å². The van der Waals surface area contributed by atoms with Crippen molar-refractivity contribution < 1.29 is 4.74 Å². The lowest BCUT2D eigenvalue weighted by Gasteiger charge is -2.31. The Labute approximate surface area is 106 Å². The molecule has 1 aliphatic carbocycles. The Bertz CT molecular complexity index is 237. The molecule has 1 N–H and O–H groups in total. The second-order valence-corrected chi connectivity index (χ2v) is 4.96. The van der Waals surface area contributed by atoms with Gasteiger partial charge in [0.15, 0.2) is 0 Å². The fourth-order valence-electron chi connectivity index (χ4n) is 2.54. The summed E-state index contributed by atoms with van der Waals surface area (Å²) in [4.78, 5) is 0. The maximum absolute atomic E-state index is 9.01. The minimum atomic E-state index is -0.144. The zero-order chi connectivity index (χ0) is 12.5. The van der Waals surface area contributed by atoms with Gasteiger partial charge in [-0.05, 0) is 31.7 Å². The molecule has 1 aliphatic rings. The van der Waals surface area contributed by atoms with Gasteiger partial charge >= 0.3 is 0 Å².